The van der Waals surface area contributed by atoms with Crippen LogP contribution in [0.15, 0.2) is 48.5 Å². The Morgan fingerprint density at radius 1 is 1.02 bits per heavy atom. The van der Waals surface area contributed by atoms with Gasteiger partial charge in [0.25, 0.3) is 5.91 Å². The lowest BCUT2D eigenvalue weighted by molar-refractivity contribution is -0.139. The van der Waals surface area contributed by atoms with Crippen molar-refractivity contribution in [2.75, 3.05) is 39.3 Å². The summed E-state index contributed by atoms with van der Waals surface area (Å²) >= 11 is 0. The topological polar surface area (TPSA) is 103 Å². The number of benzene rings is 2. The van der Waals surface area contributed by atoms with Gasteiger partial charge in [-0.25, -0.2) is 4.79 Å². The fourth-order valence-corrected chi connectivity index (χ4v) is 7.60. The SMILES string of the molecule is CCc1ccc2c(c1)[C@@H](NC[C@@H](O)[C@H](Cc1ccccc1)NC(=O)[C@@H]1CN(C(=O)N3CCCC(C)(C)C3)CCO1)CC1(CCC1)O2. The number of nitrogens with zero attached hydrogens (tertiary/aromatic N) is 2. The first kappa shape index (κ1) is 32.8. The number of ether oxygens (including phenoxy) is 2. The third kappa shape index (κ3) is 7.53. The van der Waals surface area contributed by atoms with E-state index in [4.69, 9.17) is 9.47 Å². The van der Waals surface area contributed by atoms with Gasteiger partial charge in [0.2, 0.25) is 0 Å². The molecule has 0 unspecified atom stereocenters. The molecule has 0 bridgehead atoms. The zero-order valence-corrected chi connectivity index (χ0v) is 27.8. The maximum Gasteiger partial charge on any atom is 0.320 e. The number of nitrogens with one attached hydrogen (secondary N) is 2. The average molecular weight is 633 g/mol. The Balaban J connectivity index is 1.12. The van der Waals surface area contributed by atoms with Crippen LogP contribution in [0.25, 0.3) is 0 Å². The number of urea groups is 1. The van der Waals surface area contributed by atoms with Crippen LogP contribution < -0.4 is 15.4 Å². The van der Waals surface area contributed by atoms with Gasteiger partial charge in [-0.2, -0.15) is 0 Å². The second kappa shape index (κ2) is 13.9. The van der Waals surface area contributed by atoms with Crippen LogP contribution in [0.4, 0.5) is 4.79 Å². The molecule has 46 heavy (non-hydrogen) atoms. The van der Waals surface area contributed by atoms with E-state index in [0.717, 1.165) is 68.5 Å². The molecule has 3 heterocycles. The number of piperidine rings is 1. The number of carbonyl (C=O) groups excluding carboxylic acids is 2. The molecule has 3 fully saturated rings. The highest BCUT2D eigenvalue weighted by atomic mass is 16.5. The fourth-order valence-electron chi connectivity index (χ4n) is 7.60. The van der Waals surface area contributed by atoms with Crippen molar-refractivity contribution < 1.29 is 24.2 Å². The van der Waals surface area contributed by atoms with Gasteiger partial charge in [0.05, 0.1) is 25.3 Å². The standard InChI is InChI=1S/C37H52N4O5/c1-4-26-12-13-32-28(20-26)30(22-37(46-32)15-8-16-37)38-23-31(42)29(21-27-10-6-5-7-11-27)39-34(43)33-24-40(18-19-45-33)35(44)41-17-9-14-36(2,3)25-41/h5-7,10-13,20,29-31,33,38,42H,4,8-9,14-19,21-25H2,1-3H3,(H,39,43)/t29-,30-,31+,33-/m0/s1. The normalized spacial score (nSPS) is 24.7. The molecule has 6 rings (SSSR count). The van der Waals surface area contributed by atoms with Crippen molar-refractivity contribution in [3.05, 3.63) is 65.2 Å². The largest absolute Gasteiger partial charge is 0.487 e. The van der Waals surface area contributed by atoms with E-state index >= 15 is 0 Å². The summed E-state index contributed by atoms with van der Waals surface area (Å²) in [6.45, 7) is 9.30. The van der Waals surface area contributed by atoms with Crippen LogP contribution in [0.1, 0.15) is 82.0 Å². The second-order valence-electron chi connectivity index (χ2n) is 14.7. The Morgan fingerprint density at radius 3 is 2.54 bits per heavy atom. The van der Waals surface area contributed by atoms with E-state index in [9.17, 15) is 14.7 Å². The molecular weight excluding hydrogens is 580 g/mol. The summed E-state index contributed by atoms with van der Waals surface area (Å²) in [5.41, 5.74) is 3.39. The number of hydrogen-bond donors (Lipinski definition) is 3. The lowest BCUT2D eigenvalue weighted by Crippen LogP contribution is -2.59. The molecule has 2 saturated heterocycles. The number of carbonyl (C=O) groups is 2. The molecule has 2 aromatic rings. The van der Waals surface area contributed by atoms with Gasteiger partial charge in [-0.05, 0) is 67.6 Å². The van der Waals surface area contributed by atoms with E-state index in [0.29, 0.717) is 26.1 Å². The molecule has 4 aliphatic rings. The molecule has 3 aliphatic heterocycles. The summed E-state index contributed by atoms with van der Waals surface area (Å²) in [7, 11) is 0. The number of morpholine rings is 1. The van der Waals surface area contributed by atoms with Gasteiger partial charge >= 0.3 is 6.03 Å². The zero-order valence-electron chi connectivity index (χ0n) is 27.8. The number of rotatable bonds is 9. The van der Waals surface area contributed by atoms with Crippen molar-refractivity contribution in [1.82, 2.24) is 20.4 Å². The van der Waals surface area contributed by atoms with E-state index in [1.165, 1.54) is 12.0 Å². The van der Waals surface area contributed by atoms with E-state index in [-0.39, 0.29) is 35.5 Å². The molecule has 0 aromatic heterocycles. The third-order valence-electron chi connectivity index (χ3n) is 10.5. The molecule has 3 amide bonds. The molecule has 4 atom stereocenters. The molecule has 1 saturated carbocycles. The van der Waals surface area contributed by atoms with Gasteiger partial charge in [-0.1, -0.05) is 63.2 Å². The van der Waals surface area contributed by atoms with E-state index in [1.54, 1.807) is 4.90 Å². The predicted molar refractivity (Wildman–Crippen MR) is 178 cm³/mol. The monoisotopic (exact) mass is 632 g/mol. The first-order valence-corrected chi connectivity index (χ1v) is 17.4. The number of likely N-dealkylation sites (tertiary alicyclic amines) is 1. The lowest BCUT2D eigenvalue weighted by atomic mass is 9.72. The third-order valence-corrected chi connectivity index (χ3v) is 10.5. The van der Waals surface area contributed by atoms with Crippen molar-refractivity contribution >= 4 is 11.9 Å². The Bertz CT molecular complexity index is 1360. The molecule has 9 nitrogen and oxygen atoms in total. The smallest absolute Gasteiger partial charge is 0.320 e. The molecule has 2 aromatic carbocycles. The van der Waals surface area contributed by atoms with Crippen LogP contribution in [0.2, 0.25) is 0 Å². The zero-order chi connectivity index (χ0) is 32.3. The number of aliphatic hydroxyl groups excluding tert-OH is 1. The Morgan fingerprint density at radius 2 is 1.83 bits per heavy atom. The first-order valence-electron chi connectivity index (χ1n) is 17.4. The van der Waals surface area contributed by atoms with Crippen molar-refractivity contribution in [2.24, 2.45) is 5.41 Å². The lowest BCUT2D eigenvalue weighted by Gasteiger charge is -2.48. The molecule has 1 aliphatic carbocycles. The van der Waals surface area contributed by atoms with Crippen LogP contribution in [0.3, 0.4) is 0 Å². The highest BCUT2D eigenvalue weighted by molar-refractivity contribution is 5.83. The van der Waals surface area contributed by atoms with Crippen molar-refractivity contribution in [3.8, 4) is 5.75 Å². The second-order valence-corrected chi connectivity index (χ2v) is 14.7. The van der Waals surface area contributed by atoms with Gasteiger partial charge < -0.3 is 35.0 Å². The minimum absolute atomic E-state index is 0.0221. The predicted octanol–water partition coefficient (Wildman–Crippen LogP) is 4.62. The number of aryl methyl sites for hydroxylation is 1. The van der Waals surface area contributed by atoms with Gasteiger partial charge in [0, 0.05) is 44.2 Å². The molecule has 1 spiro atoms. The summed E-state index contributed by atoms with van der Waals surface area (Å²) in [4.78, 5) is 30.8. The van der Waals surface area contributed by atoms with Crippen molar-refractivity contribution in [1.29, 1.82) is 0 Å². The summed E-state index contributed by atoms with van der Waals surface area (Å²) in [6.07, 6.45) is 6.00. The number of aliphatic hydroxyl groups is 1. The van der Waals surface area contributed by atoms with E-state index in [2.05, 4.69) is 49.6 Å². The summed E-state index contributed by atoms with van der Waals surface area (Å²) < 4.78 is 12.4. The van der Waals surface area contributed by atoms with E-state index < -0.39 is 18.2 Å². The summed E-state index contributed by atoms with van der Waals surface area (Å²) in [6, 6.07) is 15.9. The molecule has 9 heteroatoms. The molecular formula is C37H52N4O5. The highest BCUT2D eigenvalue weighted by Crippen LogP contribution is 2.49. The molecule has 0 radical (unpaired) electrons. The van der Waals surface area contributed by atoms with Crippen LogP contribution in [0.5, 0.6) is 5.75 Å². The Labute approximate surface area is 274 Å². The minimum Gasteiger partial charge on any atom is -0.487 e. The van der Waals surface area contributed by atoms with Crippen LogP contribution in [0, 0.1) is 5.41 Å². The molecule has 250 valence electrons. The Hall–Kier alpha value is -3.14. The van der Waals surface area contributed by atoms with Crippen LogP contribution in [-0.2, 0) is 22.4 Å². The van der Waals surface area contributed by atoms with Crippen LogP contribution >= 0.6 is 0 Å². The minimum atomic E-state index is -0.848. The Kier molecular flexibility index (Phi) is 9.92. The van der Waals surface area contributed by atoms with Gasteiger partial charge in [0.15, 0.2) is 6.10 Å². The number of amides is 3. The average Bonchev–Trinajstić information content (AvgIpc) is 3.05. The maximum atomic E-state index is 13.7. The number of hydrogen-bond acceptors (Lipinski definition) is 6. The molecule has 3 N–H and O–H groups in total. The maximum absolute atomic E-state index is 13.7. The van der Waals surface area contributed by atoms with Crippen LogP contribution in [-0.4, -0.2) is 90.0 Å². The van der Waals surface area contributed by atoms with Gasteiger partial charge in [0.1, 0.15) is 11.4 Å². The fraction of sp³-hybridized carbons (Fsp3) is 0.622. The number of fused-ring (bicyclic) bond motifs is 1. The van der Waals surface area contributed by atoms with Gasteiger partial charge in [-0.3, -0.25) is 4.79 Å². The summed E-state index contributed by atoms with van der Waals surface area (Å²) in [5, 5.41) is 18.4. The van der Waals surface area contributed by atoms with Gasteiger partial charge in [-0.15, -0.1) is 0 Å². The van der Waals surface area contributed by atoms with Crippen molar-refractivity contribution in [3.63, 3.8) is 0 Å². The quantitative estimate of drug-likeness (QED) is 0.373. The van der Waals surface area contributed by atoms with E-state index in [1.807, 2.05) is 35.2 Å². The highest BCUT2D eigenvalue weighted by Gasteiger charge is 2.46. The summed E-state index contributed by atoms with van der Waals surface area (Å²) in [5.74, 6) is 0.639. The van der Waals surface area contributed by atoms with Crippen molar-refractivity contribution in [2.45, 2.75) is 102 Å². The first-order chi connectivity index (χ1) is 22.1.